The normalized spacial score (nSPS) is 10.7. The molecule has 156 valence electrons. The maximum absolute atomic E-state index is 12.9. The highest BCUT2D eigenvalue weighted by molar-refractivity contribution is 5.94. The average Bonchev–Trinajstić information content (AvgIpc) is 2.76. The molecule has 0 aliphatic rings. The molecule has 29 heavy (non-hydrogen) atoms. The van der Waals surface area contributed by atoms with E-state index in [9.17, 15) is 14.4 Å². The van der Waals surface area contributed by atoms with Crippen molar-refractivity contribution < 1.29 is 33.3 Å². The highest BCUT2D eigenvalue weighted by atomic mass is 16.7. The lowest BCUT2D eigenvalue weighted by Crippen LogP contribution is -2.30. The Morgan fingerprint density at radius 2 is 1.59 bits per heavy atom. The zero-order valence-electron chi connectivity index (χ0n) is 16.7. The molecule has 0 saturated carbocycles. The summed E-state index contributed by atoms with van der Waals surface area (Å²) in [5.74, 6) is -2.00. The quantitative estimate of drug-likeness (QED) is 0.458. The molecule has 0 unspecified atom stereocenters. The van der Waals surface area contributed by atoms with Crippen LogP contribution in [0.2, 0.25) is 0 Å². The van der Waals surface area contributed by atoms with Crippen LogP contribution in [0.4, 0.5) is 0 Å². The lowest BCUT2D eigenvalue weighted by molar-refractivity contribution is -0.111. The standard InChI is InChI=1S/C20H23NO8/c1-25-15(26-2)11-21-10-14(19(23)27-3)17(22)18(16(21)20(24)28-4)29-12-13-8-6-5-7-9-13/h5-10,15H,11-12H2,1-4H3. The molecule has 0 N–H and O–H groups in total. The van der Waals surface area contributed by atoms with E-state index in [1.54, 1.807) is 12.1 Å². The first kappa shape index (κ1) is 22.1. The molecule has 0 atom stereocenters. The summed E-state index contributed by atoms with van der Waals surface area (Å²) < 4.78 is 26.8. The molecule has 0 spiro atoms. The molecule has 0 saturated heterocycles. The second-order valence-corrected chi connectivity index (χ2v) is 5.86. The van der Waals surface area contributed by atoms with Gasteiger partial charge in [-0.15, -0.1) is 0 Å². The Labute approximate surface area is 167 Å². The minimum Gasteiger partial charge on any atom is -0.482 e. The summed E-state index contributed by atoms with van der Waals surface area (Å²) in [6.45, 7) is -0.00785. The summed E-state index contributed by atoms with van der Waals surface area (Å²) in [6, 6.07) is 9.05. The minimum atomic E-state index is -0.865. The topological polar surface area (TPSA) is 102 Å². The second kappa shape index (κ2) is 10.4. The zero-order chi connectivity index (χ0) is 21.4. The number of ether oxygens (including phenoxy) is 5. The lowest BCUT2D eigenvalue weighted by atomic mass is 10.2. The Morgan fingerprint density at radius 1 is 0.966 bits per heavy atom. The van der Waals surface area contributed by atoms with E-state index < -0.39 is 23.7 Å². The largest absolute Gasteiger partial charge is 0.482 e. The SMILES string of the molecule is COC(=O)c1cn(CC(OC)OC)c(C(=O)OC)c(OCc2ccccc2)c1=O. The van der Waals surface area contributed by atoms with Crippen molar-refractivity contribution in [3.8, 4) is 5.75 Å². The van der Waals surface area contributed by atoms with Crippen molar-refractivity contribution in [2.24, 2.45) is 0 Å². The molecule has 0 radical (unpaired) electrons. The van der Waals surface area contributed by atoms with Gasteiger partial charge in [0.1, 0.15) is 12.2 Å². The van der Waals surface area contributed by atoms with Crippen LogP contribution >= 0.6 is 0 Å². The maximum Gasteiger partial charge on any atom is 0.358 e. The predicted octanol–water partition coefficient (Wildman–Crippen LogP) is 1.62. The van der Waals surface area contributed by atoms with E-state index in [-0.39, 0.29) is 30.2 Å². The number of rotatable bonds is 9. The molecule has 2 rings (SSSR count). The van der Waals surface area contributed by atoms with E-state index >= 15 is 0 Å². The molecule has 0 aliphatic heterocycles. The van der Waals surface area contributed by atoms with Crippen molar-refractivity contribution in [3.05, 3.63) is 63.6 Å². The number of methoxy groups -OCH3 is 4. The van der Waals surface area contributed by atoms with Gasteiger partial charge in [-0.25, -0.2) is 9.59 Å². The van der Waals surface area contributed by atoms with E-state index in [1.807, 2.05) is 18.2 Å². The monoisotopic (exact) mass is 405 g/mol. The Bertz CT molecular complexity index is 903. The minimum absolute atomic E-state index is 0.00266. The van der Waals surface area contributed by atoms with E-state index in [1.165, 1.54) is 32.1 Å². The number of aromatic nitrogens is 1. The molecule has 0 fully saturated rings. The third kappa shape index (κ3) is 5.21. The lowest BCUT2D eigenvalue weighted by Gasteiger charge is -2.21. The van der Waals surface area contributed by atoms with Crippen LogP contribution in [0.15, 0.2) is 41.3 Å². The number of carbonyl (C=O) groups excluding carboxylic acids is 2. The van der Waals surface area contributed by atoms with Crippen LogP contribution < -0.4 is 10.2 Å². The number of hydrogen-bond acceptors (Lipinski definition) is 8. The zero-order valence-corrected chi connectivity index (χ0v) is 16.7. The van der Waals surface area contributed by atoms with Crippen LogP contribution in [0.3, 0.4) is 0 Å². The van der Waals surface area contributed by atoms with Gasteiger partial charge in [-0.3, -0.25) is 4.79 Å². The number of esters is 2. The fraction of sp³-hybridized carbons (Fsp3) is 0.350. The van der Waals surface area contributed by atoms with Crippen molar-refractivity contribution in [2.75, 3.05) is 28.4 Å². The van der Waals surface area contributed by atoms with Crippen LogP contribution in [0.25, 0.3) is 0 Å². The highest BCUT2D eigenvalue weighted by Gasteiger charge is 2.27. The van der Waals surface area contributed by atoms with Crippen molar-refractivity contribution >= 4 is 11.9 Å². The van der Waals surface area contributed by atoms with Crippen molar-refractivity contribution in [3.63, 3.8) is 0 Å². The van der Waals surface area contributed by atoms with Gasteiger partial charge in [-0.1, -0.05) is 30.3 Å². The third-order valence-electron chi connectivity index (χ3n) is 4.12. The molecule has 1 aromatic heterocycles. The average molecular weight is 405 g/mol. The summed E-state index contributed by atoms with van der Waals surface area (Å²) in [6.07, 6.45) is 0.439. The molecule has 0 aliphatic carbocycles. The summed E-state index contributed by atoms with van der Waals surface area (Å²) in [5, 5.41) is 0. The molecular weight excluding hydrogens is 382 g/mol. The van der Waals surface area contributed by atoms with Gasteiger partial charge in [-0.05, 0) is 5.56 Å². The second-order valence-electron chi connectivity index (χ2n) is 5.86. The first-order chi connectivity index (χ1) is 14.0. The van der Waals surface area contributed by atoms with E-state index in [4.69, 9.17) is 18.9 Å². The Hall–Kier alpha value is -3.17. The first-order valence-corrected chi connectivity index (χ1v) is 8.63. The van der Waals surface area contributed by atoms with Gasteiger partial charge < -0.3 is 28.3 Å². The summed E-state index contributed by atoms with van der Waals surface area (Å²) in [7, 11) is 5.17. The molecule has 1 aromatic carbocycles. The van der Waals surface area contributed by atoms with Crippen LogP contribution in [0, 0.1) is 0 Å². The van der Waals surface area contributed by atoms with Gasteiger partial charge in [0.25, 0.3) is 0 Å². The predicted molar refractivity (Wildman–Crippen MR) is 102 cm³/mol. The van der Waals surface area contributed by atoms with Gasteiger partial charge in [0.2, 0.25) is 5.43 Å². The summed E-state index contributed by atoms with van der Waals surface area (Å²) in [5.41, 5.74) is -0.477. The van der Waals surface area contributed by atoms with E-state index in [0.29, 0.717) is 0 Å². The molecule has 2 aromatic rings. The van der Waals surface area contributed by atoms with Crippen LogP contribution in [0.5, 0.6) is 5.75 Å². The van der Waals surface area contributed by atoms with Gasteiger partial charge in [0.15, 0.2) is 17.7 Å². The van der Waals surface area contributed by atoms with Crippen LogP contribution in [-0.2, 0) is 32.1 Å². The maximum atomic E-state index is 12.9. The molecule has 0 bridgehead atoms. The Balaban J connectivity index is 2.63. The number of pyridine rings is 1. The van der Waals surface area contributed by atoms with E-state index in [0.717, 1.165) is 12.7 Å². The fourth-order valence-corrected chi connectivity index (χ4v) is 2.61. The third-order valence-corrected chi connectivity index (χ3v) is 4.12. The van der Waals surface area contributed by atoms with E-state index in [2.05, 4.69) is 4.74 Å². The molecule has 0 amide bonds. The van der Waals surface area contributed by atoms with Gasteiger partial charge in [0.05, 0.1) is 20.8 Å². The smallest absolute Gasteiger partial charge is 0.358 e. The molecular formula is C20H23NO8. The van der Waals surface area contributed by atoms with Gasteiger partial charge in [-0.2, -0.15) is 0 Å². The first-order valence-electron chi connectivity index (χ1n) is 8.63. The van der Waals surface area contributed by atoms with Crippen molar-refractivity contribution in [2.45, 2.75) is 19.4 Å². The molecule has 9 nitrogen and oxygen atoms in total. The number of benzene rings is 1. The Kier molecular flexibility index (Phi) is 7.93. The number of nitrogens with zero attached hydrogens (tertiary/aromatic N) is 1. The van der Waals surface area contributed by atoms with Crippen LogP contribution in [-0.4, -0.2) is 51.2 Å². The summed E-state index contributed by atoms with van der Waals surface area (Å²) in [4.78, 5) is 37.5. The highest BCUT2D eigenvalue weighted by Crippen LogP contribution is 2.20. The fourth-order valence-electron chi connectivity index (χ4n) is 2.61. The van der Waals surface area contributed by atoms with Crippen LogP contribution in [0.1, 0.15) is 26.4 Å². The van der Waals surface area contributed by atoms with Gasteiger partial charge in [0, 0.05) is 20.4 Å². The summed E-state index contributed by atoms with van der Waals surface area (Å²) >= 11 is 0. The van der Waals surface area contributed by atoms with Gasteiger partial charge >= 0.3 is 11.9 Å². The number of carbonyl (C=O) groups is 2. The molecule has 1 heterocycles. The van der Waals surface area contributed by atoms with Crippen molar-refractivity contribution in [1.82, 2.24) is 4.57 Å². The number of hydrogen-bond donors (Lipinski definition) is 0. The molecule has 9 heteroatoms. The van der Waals surface area contributed by atoms with Crippen molar-refractivity contribution in [1.29, 1.82) is 0 Å². The Morgan fingerprint density at radius 3 is 2.14 bits per heavy atom.